The van der Waals surface area contributed by atoms with Gasteiger partial charge in [0.05, 0.1) is 19.1 Å². The number of hydrogen-bond donors (Lipinski definition) is 1. The molecule has 4 heteroatoms. The number of carbonyl (C=O) groups excluding carboxylic acids is 1. The second kappa shape index (κ2) is 5.52. The summed E-state index contributed by atoms with van der Waals surface area (Å²) in [7, 11) is 1.51. The number of fused-ring (bicyclic) bond motifs is 1. The Labute approximate surface area is 110 Å². The number of benzene rings is 2. The molecule has 0 saturated carbocycles. The molecule has 0 aromatic heterocycles. The molecule has 1 N–H and O–H groups in total. The third-order valence-corrected chi connectivity index (χ3v) is 2.95. The van der Waals surface area contributed by atoms with Gasteiger partial charge in [-0.3, -0.25) is 9.59 Å². The fraction of sp³-hybridized carbons (Fsp3) is 0.200. The lowest BCUT2D eigenvalue weighted by atomic mass is 10.0. The number of rotatable bonds is 5. The predicted molar refractivity (Wildman–Crippen MR) is 71.7 cm³/mol. The van der Waals surface area contributed by atoms with Gasteiger partial charge < -0.3 is 9.84 Å². The Bertz CT molecular complexity index is 631. The molecule has 0 aliphatic heterocycles. The number of hydrogen-bond acceptors (Lipinski definition) is 3. The molecule has 0 radical (unpaired) electrons. The summed E-state index contributed by atoms with van der Waals surface area (Å²) in [5.41, 5.74) is 0.433. The van der Waals surface area contributed by atoms with Crippen LogP contribution in [0.1, 0.15) is 23.2 Å². The van der Waals surface area contributed by atoms with Gasteiger partial charge in [-0.2, -0.15) is 0 Å². The first-order chi connectivity index (χ1) is 9.13. The number of methoxy groups -OCH3 is 1. The van der Waals surface area contributed by atoms with Crippen LogP contribution in [0, 0.1) is 0 Å². The summed E-state index contributed by atoms with van der Waals surface area (Å²) >= 11 is 0. The molecule has 0 bridgehead atoms. The van der Waals surface area contributed by atoms with Crippen LogP contribution >= 0.6 is 0 Å². The van der Waals surface area contributed by atoms with Gasteiger partial charge in [0.15, 0.2) is 5.78 Å². The van der Waals surface area contributed by atoms with Crippen molar-refractivity contribution < 1.29 is 19.4 Å². The Hall–Kier alpha value is -2.36. The maximum Gasteiger partial charge on any atom is 0.303 e. The minimum Gasteiger partial charge on any atom is -0.495 e. The van der Waals surface area contributed by atoms with Crippen LogP contribution in [0.15, 0.2) is 36.4 Å². The average molecular weight is 258 g/mol. The zero-order valence-electron chi connectivity index (χ0n) is 10.6. The summed E-state index contributed by atoms with van der Waals surface area (Å²) in [6.45, 7) is 0. The van der Waals surface area contributed by atoms with E-state index in [0.717, 1.165) is 10.8 Å². The highest BCUT2D eigenvalue weighted by atomic mass is 16.5. The van der Waals surface area contributed by atoms with Crippen LogP contribution in [0.4, 0.5) is 0 Å². The molecule has 0 aliphatic rings. The summed E-state index contributed by atoms with van der Waals surface area (Å²) < 4.78 is 5.32. The van der Waals surface area contributed by atoms with Gasteiger partial charge in [0.1, 0.15) is 5.75 Å². The first-order valence-electron chi connectivity index (χ1n) is 5.94. The molecule has 19 heavy (non-hydrogen) atoms. The van der Waals surface area contributed by atoms with Gasteiger partial charge in [0, 0.05) is 11.8 Å². The van der Waals surface area contributed by atoms with Crippen molar-refractivity contribution in [3.05, 3.63) is 42.0 Å². The van der Waals surface area contributed by atoms with E-state index in [2.05, 4.69) is 0 Å². The highest BCUT2D eigenvalue weighted by molar-refractivity contribution is 6.05. The molecule has 98 valence electrons. The maximum absolute atomic E-state index is 12.0. The standard InChI is InChI=1S/C15H14O4/c1-19-15-11-5-3-2-4-10(11)6-7-12(15)13(16)8-9-14(17)18/h2-7H,8-9H2,1H3,(H,17,18). The Morgan fingerprint density at radius 3 is 2.53 bits per heavy atom. The second-order valence-corrected chi connectivity index (χ2v) is 4.18. The van der Waals surface area contributed by atoms with Crippen LogP contribution in [0.2, 0.25) is 0 Å². The number of carbonyl (C=O) groups is 2. The van der Waals surface area contributed by atoms with Crippen molar-refractivity contribution in [2.24, 2.45) is 0 Å². The molecule has 0 saturated heterocycles. The molecule has 2 aromatic rings. The van der Waals surface area contributed by atoms with Crippen molar-refractivity contribution in [1.82, 2.24) is 0 Å². The van der Waals surface area contributed by atoms with Crippen LogP contribution < -0.4 is 4.74 Å². The molecule has 2 aromatic carbocycles. The van der Waals surface area contributed by atoms with Crippen molar-refractivity contribution in [1.29, 1.82) is 0 Å². The molecular formula is C15H14O4. The van der Waals surface area contributed by atoms with E-state index in [4.69, 9.17) is 9.84 Å². The number of ether oxygens (including phenoxy) is 1. The zero-order chi connectivity index (χ0) is 13.8. The van der Waals surface area contributed by atoms with Crippen LogP contribution in [-0.2, 0) is 4.79 Å². The van der Waals surface area contributed by atoms with Gasteiger partial charge in [0.25, 0.3) is 0 Å². The fourth-order valence-corrected chi connectivity index (χ4v) is 2.04. The first-order valence-corrected chi connectivity index (χ1v) is 5.94. The van der Waals surface area contributed by atoms with E-state index in [1.807, 2.05) is 30.3 Å². The van der Waals surface area contributed by atoms with E-state index >= 15 is 0 Å². The van der Waals surface area contributed by atoms with E-state index in [1.165, 1.54) is 7.11 Å². The number of aliphatic carboxylic acids is 1. The monoisotopic (exact) mass is 258 g/mol. The maximum atomic E-state index is 12.0. The van der Waals surface area contributed by atoms with Gasteiger partial charge in [-0.05, 0) is 11.5 Å². The normalized spacial score (nSPS) is 10.4. The SMILES string of the molecule is COc1c(C(=O)CCC(=O)O)ccc2ccccc12. The fourth-order valence-electron chi connectivity index (χ4n) is 2.04. The molecular weight excluding hydrogens is 244 g/mol. The van der Waals surface area contributed by atoms with Gasteiger partial charge in [0.2, 0.25) is 0 Å². The second-order valence-electron chi connectivity index (χ2n) is 4.18. The van der Waals surface area contributed by atoms with Gasteiger partial charge in [-0.25, -0.2) is 0 Å². The number of carboxylic acids is 1. The van der Waals surface area contributed by atoms with Crippen molar-refractivity contribution in [3.8, 4) is 5.75 Å². The topological polar surface area (TPSA) is 63.6 Å². The number of carboxylic acid groups (broad SMARTS) is 1. The molecule has 0 atom stereocenters. The Balaban J connectivity index is 2.43. The minimum atomic E-state index is -0.979. The van der Waals surface area contributed by atoms with E-state index < -0.39 is 5.97 Å². The summed E-state index contributed by atoms with van der Waals surface area (Å²) in [6.07, 6.45) is -0.196. The van der Waals surface area contributed by atoms with Crippen molar-refractivity contribution >= 4 is 22.5 Å². The molecule has 0 fully saturated rings. The third kappa shape index (κ3) is 2.73. The minimum absolute atomic E-state index is 0.0238. The predicted octanol–water partition coefficient (Wildman–Crippen LogP) is 2.90. The molecule has 4 nitrogen and oxygen atoms in total. The van der Waals surface area contributed by atoms with Gasteiger partial charge >= 0.3 is 5.97 Å². The lowest BCUT2D eigenvalue weighted by Crippen LogP contribution is -2.06. The summed E-state index contributed by atoms with van der Waals surface area (Å²) in [6, 6.07) is 11.1. The Morgan fingerprint density at radius 1 is 1.11 bits per heavy atom. The Morgan fingerprint density at radius 2 is 1.84 bits per heavy atom. The van der Waals surface area contributed by atoms with Crippen molar-refractivity contribution in [2.75, 3.05) is 7.11 Å². The molecule has 0 unspecified atom stereocenters. The van der Waals surface area contributed by atoms with E-state index in [1.54, 1.807) is 6.07 Å². The van der Waals surface area contributed by atoms with Gasteiger partial charge in [-0.1, -0.05) is 30.3 Å². The molecule has 2 rings (SSSR count). The highest BCUT2D eigenvalue weighted by Gasteiger charge is 2.15. The van der Waals surface area contributed by atoms with E-state index in [-0.39, 0.29) is 18.6 Å². The summed E-state index contributed by atoms with van der Waals surface area (Å²) in [5, 5.41) is 10.5. The molecule has 0 amide bonds. The first kappa shape index (κ1) is 13.1. The van der Waals surface area contributed by atoms with Gasteiger partial charge in [-0.15, -0.1) is 0 Å². The third-order valence-electron chi connectivity index (χ3n) is 2.95. The number of ketones is 1. The summed E-state index contributed by atoms with van der Waals surface area (Å²) in [4.78, 5) is 22.5. The van der Waals surface area contributed by atoms with Crippen LogP contribution in [0.3, 0.4) is 0 Å². The summed E-state index contributed by atoms with van der Waals surface area (Å²) in [5.74, 6) is -0.688. The van der Waals surface area contributed by atoms with Crippen LogP contribution in [0.5, 0.6) is 5.75 Å². The Kier molecular flexibility index (Phi) is 3.80. The largest absolute Gasteiger partial charge is 0.495 e. The lowest BCUT2D eigenvalue weighted by molar-refractivity contribution is -0.136. The smallest absolute Gasteiger partial charge is 0.303 e. The van der Waals surface area contributed by atoms with Crippen molar-refractivity contribution in [3.63, 3.8) is 0 Å². The van der Waals surface area contributed by atoms with Crippen LogP contribution in [-0.4, -0.2) is 24.0 Å². The number of Topliss-reactive ketones (excluding diaryl/α,β-unsaturated/α-hetero) is 1. The zero-order valence-corrected chi connectivity index (χ0v) is 10.6. The van der Waals surface area contributed by atoms with E-state index in [9.17, 15) is 9.59 Å². The van der Waals surface area contributed by atoms with Crippen LogP contribution in [0.25, 0.3) is 10.8 Å². The molecule has 0 aliphatic carbocycles. The quantitative estimate of drug-likeness (QED) is 0.837. The highest BCUT2D eigenvalue weighted by Crippen LogP contribution is 2.30. The van der Waals surface area contributed by atoms with Crippen molar-refractivity contribution in [2.45, 2.75) is 12.8 Å². The van der Waals surface area contributed by atoms with E-state index in [0.29, 0.717) is 11.3 Å². The molecule has 0 heterocycles. The molecule has 0 spiro atoms. The lowest BCUT2D eigenvalue weighted by Gasteiger charge is -2.10. The average Bonchev–Trinajstić information content (AvgIpc) is 2.43.